The van der Waals surface area contributed by atoms with E-state index in [0.717, 1.165) is 6.42 Å². The van der Waals surface area contributed by atoms with E-state index in [1.165, 1.54) is 21.9 Å². The van der Waals surface area contributed by atoms with Crippen molar-refractivity contribution in [3.8, 4) is 0 Å². The fraction of sp³-hybridized carbons (Fsp3) is 0.0769. The van der Waals surface area contributed by atoms with Gasteiger partial charge in [0.1, 0.15) is 0 Å². The first-order chi connectivity index (χ1) is 6.45. The maximum Gasteiger partial charge on any atom is -0.00763 e. The molecule has 0 saturated carbocycles. The third kappa shape index (κ3) is 0.919. The number of benzene rings is 2. The topological polar surface area (TPSA) is 0 Å². The predicted molar refractivity (Wildman–Crippen MR) is 56.7 cm³/mol. The van der Waals surface area contributed by atoms with Crippen LogP contribution in [0, 0.1) is 0 Å². The Kier molecular flexibility index (Phi) is 1.31. The Morgan fingerprint density at radius 3 is 2.69 bits per heavy atom. The first-order valence-electron chi connectivity index (χ1n) is 4.62. The van der Waals surface area contributed by atoms with Gasteiger partial charge in [0.15, 0.2) is 0 Å². The average molecular weight is 167 g/mol. The van der Waals surface area contributed by atoms with Gasteiger partial charge in [-0.1, -0.05) is 48.6 Å². The van der Waals surface area contributed by atoms with E-state index in [2.05, 4.69) is 48.6 Å². The molecule has 0 aromatic heterocycles. The van der Waals surface area contributed by atoms with Gasteiger partial charge in [-0.25, -0.2) is 0 Å². The summed E-state index contributed by atoms with van der Waals surface area (Å²) < 4.78 is 0. The number of rotatable bonds is 0. The molecule has 0 amide bonds. The van der Waals surface area contributed by atoms with Crippen LogP contribution in [0.25, 0.3) is 16.8 Å². The van der Waals surface area contributed by atoms with Crippen LogP contribution in [0.2, 0.25) is 0 Å². The molecule has 1 aliphatic rings. The maximum absolute atomic E-state index is 2.23. The third-order valence-electron chi connectivity index (χ3n) is 2.66. The Bertz CT molecular complexity index is 487. The molecule has 0 fully saturated rings. The van der Waals surface area contributed by atoms with Gasteiger partial charge in [0.2, 0.25) is 0 Å². The minimum atomic E-state index is 1.08. The van der Waals surface area contributed by atoms with E-state index in [9.17, 15) is 0 Å². The van der Waals surface area contributed by atoms with Crippen molar-refractivity contribution in [1.82, 2.24) is 0 Å². The van der Waals surface area contributed by atoms with Crippen LogP contribution in [0.15, 0.2) is 42.5 Å². The van der Waals surface area contributed by atoms with Crippen molar-refractivity contribution >= 4 is 16.8 Å². The second-order valence-corrected chi connectivity index (χ2v) is 3.47. The van der Waals surface area contributed by atoms with Crippen LogP contribution >= 0.6 is 0 Å². The minimum Gasteiger partial charge on any atom is -0.0795 e. The summed E-state index contributed by atoms with van der Waals surface area (Å²) >= 11 is 0. The van der Waals surface area contributed by atoms with E-state index in [-0.39, 0.29) is 0 Å². The van der Waals surface area contributed by atoms with Gasteiger partial charge in [0.25, 0.3) is 0 Å². The van der Waals surface area contributed by atoms with Crippen molar-refractivity contribution in [1.29, 1.82) is 0 Å². The summed E-state index contributed by atoms with van der Waals surface area (Å²) in [7, 11) is 0. The largest absolute Gasteiger partial charge is 0.0795 e. The Morgan fingerprint density at radius 1 is 0.923 bits per heavy atom. The summed E-state index contributed by atoms with van der Waals surface area (Å²) in [6, 6.07) is 13.0. The molecule has 0 radical (unpaired) electrons. The molecule has 3 rings (SSSR count). The Labute approximate surface area is 77.5 Å². The number of hydrogen-bond acceptors (Lipinski definition) is 0. The maximum atomic E-state index is 2.23. The highest BCUT2D eigenvalue weighted by atomic mass is 14.3. The fourth-order valence-electron chi connectivity index (χ4n) is 2.07. The van der Waals surface area contributed by atoms with E-state index < -0.39 is 0 Å². The van der Waals surface area contributed by atoms with E-state index >= 15 is 0 Å². The van der Waals surface area contributed by atoms with Gasteiger partial charge < -0.3 is 0 Å². The molecule has 2 aromatic rings. The smallest absolute Gasteiger partial charge is 0.00763 e. The SMILES string of the molecule is C1=Cc2cccc3cccc(c23)[13CH2]1. The van der Waals surface area contributed by atoms with E-state index in [1.807, 2.05) is 0 Å². The predicted octanol–water partition coefficient (Wildman–Crippen LogP) is 3.41. The molecule has 0 heterocycles. The van der Waals surface area contributed by atoms with Crippen LogP contribution in [0.1, 0.15) is 11.1 Å². The van der Waals surface area contributed by atoms with E-state index in [4.69, 9.17) is 0 Å². The van der Waals surface area contributed by atoms with Crippen LogP contribution in [0.3, 0.4) is 0 Å². The Hall–Kier alpha value is -1.56. The zero-order chi connectivity index (χ0) is 8.67. The molecule has 0 heteroatoms. The molecule has 1 aliphatic carbocycles. The molecule has 0 atom stereocenters. The molecule has 0 bridgehead atoms. The number of allylic oxidation sites excluding steroid dienone is 1. The third-order valence-corrected chi connectivity index (χ3v) is 2.66. The van der Waals surface area contributed by atoms with Crippen molar-refractivity contribution in [3.63, 3.8) is 0 Å². The van der Waals surface area contributed by atoms with Crippen molar-refractivity contribution in [2.75, 3.05) is 0 Å². The summed E-state index contributed by atoms with van der Waals surface area (Å²) in [5.41, 5.74) is 2.81. The Balaban J connectivity index is 2.56. The summed E-state index contributed by atoms with van der Waals surface area (Å²) in [5, 5.41) is 2.80. The molecule has 0 unspecified atom stereocenters. The summed E-state index contributed by atoms with van der Waals surface area (Å²) in [4.78, 5) is 0. The molecule has 13 heavy (non-hydrogen) atoms. The zero-order valence-electron chi connectivity index (χ0n) is 7.33. The number of hydrogen-bond donors (Lipinski definition) is 0. The minimum absolute atomic E-state index is 1.08. The highest BCUT2D eigenvalue weighted by Crippen LogP contribution is 2.27. The molecule has 2 aromatic carbocycles. The Morgan fingerprint density at radius 2 is 1.77 bits per heavy atom. The molecule has 0 nitrogen and oxygen atoms in total. The lowest BCUT2D eigenvalue weighted by molar-refractivity contribution is 1.29. The quantitative estimate of drug-likeness (QED) is 0.527. The van der Waals surface area contributed by atoms with E-state index in [0.29, 0.717) is 0 Å². The van der Waals surface area contributed by atoms with Gasteiger partial charge in [-0.3, -0.25) is 0 Å². The lowest BCUT2D eigenvalue weighted by Crippen LogP contribution is -1.91. The molecule has 0 N–H and O–H groups in total. The van der Waals surface area contributed by atoms with Crippen LogP contribution < -0.4 is 0 Å². The summed E-state index contributed by atoms with van der Waals surface area (Å²) in [5.74, 6) is 0. The van der Waals surface area contributed by atoms with Crippen LogP contribution in [-0.4, -0.2) is 0 Å². The second kappa shape index (κ2) is 2.46. The highest BCUT2D eigenvalue weighted by Gasteiger charge is 2.06. The highest BCUT2D eigenvalue weighted by molar-refractivity contribution is 5.94. The zero-order valence-corrected chi connectivity index (χ0v) is 7.33. The molecular weight excluding hydrogens is 157 g/mol. The molecule has 0 saturated heterocycles. The monoisotopic (exact) mass is 167 g/mol. The van der Waals surface area contributed by atoms with Gasteiger partial charge in [0, 0.05) is 0 Å². The lowest BCUT2D eigenvalue weighted by Gasteiger charge is -2.11. The average Bonchev–Trinajstić information content (AvgIpc) is 2.19. The first kappa shape index (κ1) is 6.90. The van der Waals surface area contributed by atoms with Gasteiger partial charge in [-0.05, 0) is 28.3 Å². The van der Waals surface area contributed by atoms with E-state index in [1.54, 1.807) is 0 Å². The normalized spacial score (nSPS) is 13.5. The second-order valence-electron chi connectivity index (χ2n) is 3.47. The summed E-state index contributed by atoms with van der Waals surface area (Å²) in [6.45, 7) is 0. The van der Waals surface area contributed by atoms with Crippen molar-refractivity contribution in [2.45, 2.75) is 6.42 Å². The van der Waals surface area contributed by atoms with Crippen molar-refractivity contribution < 1.29 is 0 Å². The van der Waals surface area contributed by atoms with Crippen molar-refractivity contribution in [2.24, 2.45) is 0 Å². The lowest BCUT2D eigenvalue weighted by atomic mass is 9.99. The molecule has 62 valence electrons. The standard InChI is InChI=1S/C13H10/c1-4-10-6-2-8-12-9-3-7-11(5-1)13(10)12/h1-8H,9H2/i9+1. The van der Waals surface area contributed by atoms with Crippen molar-refractivity contribution in [3.05, 3.63) is 53.6 Å². The van der Waals surface area contributed by atoms with Gasteiger partial charge in [-0.15, -0.1) is 0 Å². The first-order valence-corrected chi connectivity index (χ1v) is 4.62. The van der Waals surface area contributed by atoms with Gasteiger partial charge in [0.05, 0.1) is 0 Å². The van der Waals surface area contributed by atoms with Gasteiger partial charge in [-0.2, -0.15) is 0 Å². The molecule has 0 aliphatic heterocycles. The molecule has 0 spiro atoms. The van der Waals surface area contributed by atoms with Crippen LogP contribution in [0.4, 0.5) is 0 Å². The molecular formula is C13H10. The van der Waals surface area contributed by atoms with Crippen LogP contribution in [0.5, 0.6) is 0 Å². The fourth-order valence-corrected chi connectivity index (χ4v) is 2.07. The summed E-state index contributed by atoms with van der Waals surface area (Å²) in [6.07, 6.45) is 5.53. The van der Waals surface area contributed by atoms with Crippen LogP contribution in [-0.2, 0) is 6.42 Å². The van der Waals surface area contributed by atoms with Gasteiger partial charge >= 0.3 is 0 Å².